The van der Waals surface area contributed by atoms with Gasteiger partial charge in [-0.2, -0.15) is 0 Å². The molecule has 1 aromatic carbocycles. The molecule has 0 aromatic heterocycles. The number of fused-ring (bicyclic) bond motifs is 1. The van der Waals surface area contributed by atoms with Gasteiger partial charge in [-0.05, 0) is 74.6 Å². The second kappa shape index (κ2) is 5.60. The summed E-state index contributed by atoms with van der Waals surface area (Å²) >= 11 is 2.03. The summed E-state index contributed by atoms with van der Waals surface area (Å²) in [5.74, 6) is 0. The zero-order chi connectivity index (χ0) is 14.3. The summed E-state index contributed by atoms with van der Waals surface area (Å²) in [4.78, 5) is 1.43. The Kier molecular flexibility index (Phi) is 3.76. The number of nitrogens with one attached hydrogen (secondary N) is 1. The Hall–Kier alpha value is -0.510. The summed E-state index contributed by atoms with van der Waals surface area (Å²) in [6.45, 7) is 0.296. The molecule has 0 heterocycles. The fraction of sp³-hybridized carbons (Fsp3) is 0.667. The van der Waals surface area contributed by atoms with Crippen molar-refractivity contribution in [3.05, 3.63) is 29.3 Å². The average Bonchev–Trinajstić information content (AvgIpc) is 3.02. The molecule has 2 saturated carbocycles. The zero-order valence-corrected chi connectivity index (χ0v) is 13.4. The number of aliphatic hydroxyl groups is 1. The molecule has 2 fully saturated rings. The Morgan fingerprint density at radius 3 is 2.86 bits per heavy atom. The summed E-state index contributed by atoms with van der Waals surface area (Å²) in [6.07, 6.45) is 9.91. The van der Waals surface area contributed by atoms with Crippen molar-refractivity contribution in [2.75, 3.05) is 6.61 Å². The highest BCUT2D eigenvalue weighted by atomic mass is 32.2. The minimum absolute atomic E-state index is 0.00949. The zero-order valence-electron chi connectivity index (χ0n) is 12.6. The molecule has 3 aliphatic carbocycles. The summed E-state index contributed by atoms with van der Waals surface area (Å²) in [5, 5.41) is 14.2. The van der Waals surface area contributed by atoms with E-state index in [1.54, 1.807) is 11.1 Å². The largest absolute Gasteiger partial charge is 0.394 e. The molecule has 4 rings (SSSR count). The Labute approximate surface area is 131 Å². The number of hydrogen-bond acceptors (Lipinski definition) is 3. The first-order valence-corrected chi connectivity index (χ1v) is 9.31. The van der Waals surface area contributed by atoms with Gasteiger partial charge >= 0.3 is 0 Å². The molecular formula is C18H25NOS. The Morgan fingerprint density at radius 1 is 1.19 bits per heavy atom. The van der Waals surface area contributed by atoms with Gasteiger partial charge in [-0.25, -0.2) is 0 Å². The first-order chi connectivity index (χ1) is 10.3. The smallest absolute Gasteiger partial charge is 0.0613 e. The number of thioether (sulfide) groups is 1. The van der Waals surface area contributed by atoms with Gasteiger partial charge in [0.2, 0.25) is 0 Å². The van der Waals surface area contributed by atoms with Crippen LogP contribution in [0.2, 0.25) is 0 Å². The first kappa shape index (κ1) is 14.1. The maximum atomic E-state index is 9.83. The fourth-order valence-corrected chi connectivity index (χ4v) is 5.35. The fourth-order valence-electron chi connectivity index (χ4n) is 3.97. The van der Waals surface area contributed by atoms with Gasteiger partial charge in [0.15, 0.2) is 0 Å². The van der Waals surface area contributed by atoms with Crippen LogP contribution in [0, 0.1) is 0 Å². The molecule has 0 radical (unpaired) electrons. The molecule has 21 heavy (non-hydrogen) atoms. The standard InChI is InChI=1S/C18H25NOS/c20-12-18(19-15-5-6-15)9-8-17(11-18)21-16-7-4-13-2-1-3-14(13)10-16/h4,7,10,15,17,19-20H,1-3,5-6,8-9,11-12H2. The molecule has 0 spiro atoms. The van der Waals surface area contributed by atoms with Gasteiger partial charge in [0.1, 0.15) is 0 Å². The summed E-state index contributed by atoms with van der Waals surface area (Å²) in [5.41, 5.74) is 3.14. The maximum absolute atomic E-state index is 9.83. The Morgan fingerprint density at radius 2 is 2.05 bits per heavy atom. The van der Waals surface area contributed by atoms with Crippen LogP contribution < -0.4 is 5.32 Å². The molecule has 3 aliphatic rings. The van der Waals surface area contributed by atoms with Crippen molar-refractivity contribution < 1.29 is 5.11 Å². The van der Waals surface area contributed by atoms with E-state index < -0.39 is 0 Å². The number of aryl methyl sites for hydroxylation is 2. The molecule has 0 aliphatic heterocycles. The molecule has 0 bridgehead atoms. The van der Waals surface area contributed by atoms with Gasteiger partial charge < -0.3 is 10.4 Å². The second-order valence-electron chi connectivity index (χ2n) is 7.12. The van der Waals surface area contributed by atoms with Gasteiger partial charge in [-0.1, -0.05) is 6.07 Å². The van der Waals surface area contributed by atoms with Crippen LogP contribution in [0.4, 0.5) is 0 Å². The van der Waals surface area contributed by atoms with Crippen LogP contribution in [-0.2, 0) is 12.8 Å². The highest BCUT2D eigenvalue weighted by Gasteiger charge is 2.42. The van der Waals surface area contributed by atoms with Gasteiger partial charge in [0.05, 0.1) is 6.61 Å². The molecule has 0 saturated heterocycles. The highest BCUT2D eigenvalue weighted by molar-refractivity contribution is 8.00. The molecule has 2 nitrogen and oxygen atoms in total. The Bertz CT molecular complexity index is 528. The van der Waals surface area contributed by atoms with E-state index in [-0.39, 0.29) is 5.54 Å². The van der Waals surface area contributed by atoms with E-state index in [0.29, 0.717) is 17.9 Å². The SMILES string of the molecule is OCC1(NC2CC2)CCC(Sc2ccc3c(c2)CCC3)C1. The number of rotatable bonds is 5. The van der Waals surface area contributed by atoms with E-state index in [9.17, 15) is 5.11 Å². The Balaban J connectivity index is 1.41. The van der Waals surface area contributed by atoms with Crippen molar-refractivity contribution >= 4 is 11.8 Å². The third-order valence-electron chi connectivity index (χ3n) is 5.33. The summed E-state index contributed by atoms with van der Waals surface area (Å²) in [7, 11) is 0. The molecule has 2 N–H and O–H groups in total. The third-order valence-corrected chi connectivity index (χ3v) is 6.59. The van der Waals surface area contributed by atoms with E-state index >= 15 is 0 Å². The van der Waals surface area contributed by atoms with Crippen LogP contribution >= 0.6 is 11.8 Å². The van der Waals surface area contributed by atoms with Crippen molar-refractivity contribution in [3.63, 3.8) is 0 Å². The van der Waals surface area contributed by atoms with Crippen LogP contribution in [0.15, 0.2) is 23.1 Å². The van der Waals surface area contributed by atoms with E-state index in [4.69, 9.17) is 0 Å². The van der Waals surface area contributed by atoms with Crippen LogP contribution in [-0.4, -0.2) is 28.5 Å². The van der Waals surface area contributed by atoms with Crippen LogP contribution in [0.25, 0.3) is 0 Å². The molecule has 0 amide bonds. The van der Waals surface area contributed by atoms with Gasteiger partial charge in [0, 0.05) is 21.7 Å². The lowest BCUT2D eigenvalue weighted by Gasteiger charge is -2.28. The van der Waals surface area contributed by atoms with Gasteiger partial charge in [-0.15, -0.1) is 11.8 Å². The molecule has 2 unspecified atom stereocenters. The number of benzene rings is 1. The van der Waals surface area contributed by atoms with Crippen LogP contribution in [0.1, 0.15) is 49.7 Å². The van der Waals surface area contributed by atoms with E-state index in [1.165, 1.54) is 43.4 Å². The van der Waals surface area contributed by atoms with Gasteiger partial charge in [0.25, 0.3) is 0 Å². The topological polar surface area (TPSA) is 32.3 Å². The number of hydrogen-bond donors (Lipinski definition) is 2. The first-order valence-electron chi connectivity index (χ1n) is 8.43. The predicted molar refractivity (Wildman–Crippen MR) is 87.9 cm³/mol. The minimum Gasteiger partial charge on any atom is -0.394 e. The van der Waals surface area contributed by atoms with E-state index in [2.05, 4.69) is 23.5 Å². The summed E-state index contributed by atoms with van der Waals surface area (Å²) < 4.78 is 0. The quantitative estimate of drug-likeness (QED) is 0.875. The summed E-state index contributed by atoms with van der Waals surface area (Å²) in [6, 6.07) is 7.74. The molecule has 1 aromatic rings. The van der Waals surface area contributed by atoms with Gasteiger partial charge in [-0.3, -0.25) is 0 Å². The second-order valence-corrected chi connectivity index (χ2v) is 8.50. The van der Waals surface area contributed by atoms with E-state index in [0.717, 1.165) is 12.8 Å². The molecular weight excluding hydrogens is 278 g/mol. The molecule has 114 valence electrons. The van der Waals surface area contributed by atoms with Crippen molar-refractivity contribution in [2.24, 2.45) is 0 Å². The lowest BCUT2D eigenvalue weighted by atomic mass is 9.99. The number of aliphatic hydroxyl groups excluding tert-OH is 1. The highest BCUT2D eigenvalue weighted by Crippen LogP contribution is 2.42. The third kappa shape index (κ3) is 3.01. The van der Waals surface area contributed by atoms with Crippen LogP contribution in [0.3, 0.4) is 0 Å². The van der Waals surface area contributed by atoms with Crippen molar-refractivity contribution in [1.29, 1.82) is 0 Å². The van der Waals surface area contributed by atoms with Crippen molar-refractivity contribution in [1.82, 2.24) is 5.32 Å². The molecule has 2 atom stereocenters. The van der Waals surface area contributed by atoms with Crippen molar-refractivity contribution in [2.45, 2.75) is 73.1 Å². The molecule has 3 heteroatoms. The lowest BCUT2D eigenvalue weighted by molar-refractivity contribution is 0.163. The van der Waals surface area contributed by atoms with Crippen LogP contribution in [0.5, 0.6) is 0 Å². The minimum atomic E-state index is 0.00949. The monoisotopic (exact) mass is 303 g/mol. The van der Waals surface area contributed by atoms with Crippen molar-refractivity contribution in [3.8, 4) is 0 Å². The maximum Gasteiger partial charge on any atom is 0.0613 e. The average molecular weight is 303 g/mol. The predicted octanol–water partition coefficient (Wildman–Crippen LogP) is 3.30. The normalized spacial score (nSPS) is 31.6. The van der Waals surface area contributed by atoms with E-state index in [1.807, 2.05) is 11.8 Å². The lowest BCUT2D eigenvalue weighted by Crippen LogP contribution is -2.47.